The fourth-order valence-electron chi connectivity index (χ4n) is 1.46. The van der Waals surface area contributed by atoms with E-state index in [0.717, 1.165) is 0 Å². The predicted molar refractivity (Wildman–Crippen MR) is 72.8 cm³/mol. The summed E-state index contributed by atoms with van der Waals surface area (Å²) in [5.41, 5.74) is 2.01. The van der Waals surface area contributed by atoms with E-state index in [0.29, 0.717) is 12.1 Å². The van der Waals surface area contributed by atoms with Gasteiger partial charge in [-0.1, -0.05) is 32.9 Å². The maximum Gasteiger partial charge on any atom is 0.251 e. The minimum atomic E-state index is -0.0713. The molecule has 1 atom stereocenters. The van der Waals surface area contributed by atoms with Crippen molar-refractivity contribution in [1.82, 2.24) is 5.32 Å². The Labute approximate surface area is 108 Å². The average Bonchev–Trinajstić information content (AvgIpc) is 2.25. The Bertz CT molecular complexity index is 376. The van der Waals surface area contributed by atoms with Gasteiger partial charge in [-0.15, -0.1) is 11.6 Å². The summed E-state index contributed by atoms with van der Waals surface area (Å²) in [6.45, 7) is 8.79. The Morgan fingerprint density at radius 1 is 1.29 bits per heavy atom. The SMILES string of the molecule is CC(Cl)CNC(=O)c1ccc(C(C)(C)C)cc1. The van der Waals surface area contributed by atoms with E-state index in [2.05, 4.69) is 26.1 Å². The van der Waals surface area contributed by atoms with Crippen molar-refractivity contribution >= 4 is 17.5 Å². The normalized spacial score (nSPS) is 13.2. The second-order valence-electron chi connectivity index (χ2n) is 5.32. The first-order valence-electron chi connectivity index (χ1n) is 5.83. The lowest BCUT2D eigenvalue weighted by Gasteiger charge is -2.19. The Hall–Kier alpha value is -1.02. The Balaban J connectivity index is 2.71. The van der Waals surface area contributed by atoms with Crippen molar-refractivity contribution < 1.29 is 4.79 Å². The predicted octanol–water partition coefficient (Wildman–Crippen LogP) is 3.34. The van der Waals surface area contributed by atoms with Crippen LogP contribution in [0.25, 0.3) is 0 Å². The molecule has 0 saturated heterocycles. The van der Waals surface area contributed by atoms with Gasteiger partial charge in [-0.25, -0.2) is 0 Å². The van der Waals surface area contributed by atoms with Gasteiger partial charge in [0.2, 0.25) is 0 Å². The van der Waals surface area contributed by atoms with Gasteiger partial charge in [-0.2, -0.15) is 0 Å². The number of benzene rings is 1. The third-order valence-electron chi connectivity index (χ3n) is 2.56. The summed E-state index contributed by atoms with van der Waals surface area (Å²) in [6, 6.07) is 7.71. The summed E-state index contributed by atoms with van der Waals surface area (Å²) in [5.74, 6) is -0.0713. The van der Waals surface area contributed by atoms with Gasteiger partial charge in [0.1, 0.15) is 0 Å². The molecule has 1 aromatic carbocycles. The van der Waals surface area contributed by atoms with E-state index in [1.807, 2.05) is 31.2 Å². The van der Waals surface area contributed by atoms with Crippen molar-refractivity contribution in [3.63, 3.8) is 0 Å². The van der Waals surface area contributed by atoms with Gasteiger partial charge in [0, 0.05) is 17.5 Å². The van der Waals surface area contributed by atoms with Crippen LogP contribution < -0.4 is 5.32 Å². The molecule has 17 heavy (non-hydrogen) atoms. The molecule has 3 heteroatoms. The van der Waals surface area contributed by atoms with Crippen LogP contribution in [0.4, 0.5) is 0 Å². The molecule has 0 spiro atoms. The van der Waals surface area contributed by atoms with Gasteiger partial charge < -0.3 is 5.32 Å². The van der Waals surface area contributed by atoms with Crippen molar-refractivity contribution in [3.05, 3.63) is 35.4 Å². The first kappa shape index (κ1) is 14.0. The van der Waals surface area contributed by atoms with E-state index < -0.39 is 0 Å². The third kappa shape index (κ3) is 4.39. The Kier molecular flexibility index (Phi) is 4.58. The molecule has 0 fully saturated rings. The zero-order valence-electron chi connectivity index (χ0n) is 10.9. The summed E-state index contributed by atoms with van der Waals surface area (Å²) in [7, 11) is 0. The van der Waals surface area contributed by atoms with Crippen molar-refractivity contribution in [2.45, 2.75) is 38.5 Å². The quantitative estimate of drug-likeness (QED) is 0.823. The molecule has 0 heterocycles. The highest BCUT2D eigenvalue weighted by molar-refractivity contribution is 6.20. The first-order valence-corrected chi connectivity index (χ1v) is 6.27. The van der Waals surface area contributed by atoms with Gasteiger partial charge in [0.15, 0.2) is 0 Å². The molecule has 94 valence electrons. The molecule has 1 unspecified atom stereocenters. The summed E-state index contributed by atoms with van der Waals surface area (Å²) in [5, 5.41) is 2.74. The van der Waals surface area contributed by atoms with E-state index in [1.54, 1.807) is 0 Å². The van der Waals surface area contributed by atoms with Crippen LogP contribution in [0, 0.1) is 0 Å². The van der Waals surface area contributed by atoms with E-state index >= 15 is 0 Å². The zero-order valence-corrected chi connectivity index (χ0v) is 11.6. The van der Waals surface area contributed by atoms with Gasteiger partial charge >= 0.3 is 0 Å². The highest BCUT2D eigenvalue weighted by Crippen LogP contribution is 2.22. The van der Waals surface area contributed by atoms with E-state index in [-0.39, 0.29) is 16.7 Å². The number of hydrogen-bond acceptors (Lipinski definition) is 1. The summed E-state index contributed by atoms with van der Waals surface area (Å²) < 4.78 is 0. The number of rotatable bonds is 3. The molecule has 0 aromatic heterocycles. The molecule has 1 N–H and O–H groups in total. The highest BCUT2D eigenvalue weighted by atomic mass is 35.5. The topological polar surface area (TPSA) is 29.1 Å². The smallest absolute Gasteiger partial charge is 0.251 e. The first-order chi connectivity index (χ1) is 7.80. The lowest BCUT2D eigenvalue weighted by Crippen LogP contribution is -2.28. The summed E-state index contributed by atoms with van der Waals surface area (Å²) in [6.07, 6.45) is 0. The monoisotopic (exact) mass is 253 g/mol. The van der Waals surface area contributed by atoms with Gasteiger partial charge in [-0.05, 0) is 30.0 Å². The van der Waals surface area contributed by atoms with Crippen LogP contribution in [0.5, 0.6) is 0 Å². The van der Waals surface area contributed by atoms with Gasteiger partial charge in [-0.3, -0.25) is 4.79 Å². The lowest BCUT2D eigenvalue weighted by atomic mass is 9.87. The average molecular weight is 254 g/mol. The maximum absolute atomic E-state index is 11.7. The number of amides is 1. The highest BCUT2D eigenvalue weighted by Gasteiger charge is 2.14. The number of carbonyl (C=O) groups is 1. The van der Waals surface area contributed by atoms with Crippen LogP contribution in [-0.2, 0) is 5.41 Å². The molecule has 0 aliphatic heterocycles. The van der Waals surface area contributed by atoms with Crippen LogP contribution >= 0.6 is 11.6 Å². The molecule has 0 aliphatic rings. The Morgan fingerprint density at radius 2 is 1.82 bits per heavy atom. The fraction of sp³-hybridized carbons (Fsp3) is 0.500. The standard InChI is InChI=1S/C14H20ClNO/c1-10(15)9-16-13(17)11-5-7-12(8-6-11)14(2,3)4/h5-8,10H,9H2,1-4H3,(H,16,17). The molecule has 0 bridgehead atoms. The fourth-order valence-corrected chi connectivity index (χ4v) is 1.53. The molecule has 0 radical (unpaired) electrons. The van der Waals surface area contributed by atoms with Crippen LogP contribution in [-0.4, -0.2) is 17.8 Å². The van der Waals surface area contributed by atoms with E-state index in [4.69, 9.17) is 11.6 Å². The minimum absolute atomic E-state index is 0.0483. The van der Waals surface area contributed by atoms with Crippen LogP contribution in [0.2, 0.25) is 0 Å². The van der Waals surface area contributed by atoms with Crippen molar-refractivity contribution in [2.75, 3.05) is 6.54 Å². The lowest BCUT2D eigenvalue weighted by molar-refractivity contribution is 0.0954. The molecule has 0 saturated carbocycles. The second kappa shape index (κ2) is 5.54. The second-order valence-corrected chi connectivity index (χ2v) is 6.06. The van der Waals surface area contributed by atoms with Crippen molar-refractivity contribution in [3.8, 4) is 0 Å². The van der Waals surface area contributed by atoms with E-state index in [9.17, 15) is 4.79 Å². The van der Waals surface area contributed by atoms with Crippen molar-refractivity contribution in [2.24, 2.45) is 0 Å². The van der Waals surface area contributed by atoms with Crippen LogP contribution in [0.1, 0.15) is 43.6 Å². The van der Waals surface area contributed by atoms with E-state index in [1.165, 1.54) is 5.56 Å². The molecular formula is C14H20ClNO. The molecule has 1 rings (SSSR count). The number of carbonyl (C=O) groups excluding carboxylic acids is 1. The van der Waals surface area contributed by atoms with Crippen LogP contribution in [0.15, 0.2) is 24.3 Å². The van der Waals surface area contributed by atoms with Crippen LogP contribution in [0.3, 0.4) is 0 Å². The number of halogens is 1. The molecule has 1 amide bonds. The summed E-state index contributed by atoms with van der Waals surface area (Å²) in [4.78, 5) is 11.7. The molecule has 0 aliphatic carbocycles. The molecule has 2 nitrogen and oxygen atoms in total. The number of hydrogen-bond donors (Lipinski definition) is 1. The Morgan fingerprint density at radius 3 is 2.24 bits per heavy atom. The minimum Gasteiger partial charge on any atom is -0.351 e. The third-order valence-corrected chi connectivity index (χ3v) is 2.71. The maximum atomic E-state index is 11.7. The van der Waals surface area contributed by atoms with Crippen molar-refractivity contribution in [1.29, 1.82) is 0 Å². The zero-order chi connectivity index (χ0) is 13.1. The van der Waals surface area contributed by atoms with Gasteiger partial charge in [0.25, 0.3) is 5.91 Å². The largest absolute Gasteiger partial charge is 0.351 e. The molecule has 1 aromatic rings. The summed E-state index contributed by atoms with van der Waals surface area (Å²) >= 11 is 5.78. The van der Waals surface area contributed by atoms with Gasteiger partial charge in [0.05, 0.1) is 0 Å². The number of nitrogens with one attached hydrogen (secondary N) is 1. The number of alkyl halides is 1. The molecular weight excluding hydrogens is 234 g/mol.